The van der Waals surface area contributed by atoms with Crippen LogP contribution in [0.25, 0.3) is 0 Å². The lowest BCUT2D eigenvalue weighted by atomic mass is 9.71. The minimum Gasteiger partial charge on any atom is -0.457 e. The Morgan fingerprint density at radius 3 is 2.50 bits per heavy atom. The number of ketones is 1. The molecule has 2 atom stereocenters. The van der Waals surface area contributed by atoms with E-state index >= 15 is 0 Å². The lowest BCUT2D eigenvalue weighted by Crippen LogP contribution is -2.33. The topological polar surface area (TPSA) is 43.4 Å². The van der Waals surface area contributed by atoms with Gasteiger partial charge in [-0.05, 0) is 37.5 Å². The molecule has 1 saturated carbocycles. The van der Waals surface area contributed by atoms with E-state index in [1.807, 2.05) is 6.92 Å². The molecule has 0 bridgehead atoms. The maximum atomic E-state index is 11.2. The van der Waals surface area contributed by atoms with E-state index in [9.17, 15) is 9.59 Å². The fourth-order valence-corrected chi connectivity index (χ4v) is 2.51. The Hall–Kier alpha value is -0.860. The van der Waals surface area contributed by atoms with Crippen LogP contribution in [0.5, 0.6) is 0 Å². The van der Waals surface area contributed by atoms with Gasteiger partial charge in [0.15, 0.2) is 0 Å². The average Bonchev–Trinajstić information content (AvgIpc) is 2.15. The fraction of sp³-hybridized carbons (Fsp3) is 0.846. The smallest absolute Gasteiger partial charge is 0.374 e. The average molecular weight is 226 g/mol. The first-order valence-electron chi connectivity index (χ1n) is 6.03. The number of hydrogen-bond donors (Lipinski definition) is 0. The number of Topliss-reactive ketones (excluding diaryl/α,β-unsaturated/α-hetero) is 1. The summed E-state index contributed by atoms with van der Waals surface area (Å²) < 4.78 is 5.16. The first-order valence-corrected chi connectivity index (χ1v) is 6.03. The minimum atomic E-state index is -0.698. The summed E-state index contributed by atoms with van der Waals surface area (Å²) in [6, 6.07) is 0. The van der Waals surface area contributed by atoms with Crippen LogP contribution in [0, 0.1) is 11.3 Å². The second-order valence-corrected chi connectivity index (χ2v) is 5.69. The van der Waals surface area contributed by atoms with Crippen LogP contribution in [0.3, 0.4) is 0 Å². The molecule has 0 heterocycles. The summed E-state index contributed by atoms with van der Waals surface area (Å²) >= 11 is 0. The molecule has 0 aromatic carbocycles. The standard InChI is InChI=1S/C13H22O3/c1-9(14)12(15)16-10(2)11-6-5-7-13(3,4)8-11/h10-11H,5-8H2,1-4H3. The van der Waals surface area contributed by atoms with Crippen LogP contribution in [0.2, 0.25) is 0 Å². The number of esters is 1. The van der Waals surface area contributed by atoms with Gasteiger partial charge in [0.1, 0.15) is 6.10 Å². The summed E-state index contributed by atoms with van der Waals surface area (Å²) in [4.78, 5) is 22.0. The van der Waals surface area contributed by atoms with E-state index in [1.54, 1.807) is 0 Å². The number of hydrogen-bond acceptors (Lipinski definition) is 3. The SMILES string of the molecule is CC(=O)C(=O)OC(C)C1CCCC(C)(C)C1. The summed E-state index contributed by atoms with van der Waals surface area (Å²) in [6.07, 6.45) is 4.43. The molecule has 0 radical (unpaired) electrons. The molecule has 16 heavy (non-hydrogen) atoms. The van der Waals surface area contributed by atoms with Gasteiger partial charge in [0, 0.05) is 6.92 Å². The van der Waals surface area contributed by atoms with Gasteiger partial charge in [0.25, 0.3) is 0 Å². The van der Waals surface area contributed by atoms with Crippen LogP contribution >= 0.6 is 0 Å². The van der Waals surface area contributed by atoms with Crippen molar-refractivity contribution in [2.24, 2.45) is 11.3 Å². The van der Waals surface area contributed by atoms with Crippen LogP contribution in [0.4, 0.5) is 0 Å². The molecule has 2 unspecified atom stereocenters. The molecule has 0 amide bonds. The fourth-order valence-electron chi connectivity index (χ4n) is 2.51. The van der Waals surface area contributed by atoms with Crippen molar-refractivity contribution < 1.29 is 14.3 Å². The third-order valence-electron chi connectivity index (χ3n) is 3.49. The highest BCUT2D eigenvalue weighted by Gasteiger charge is 2.32. The van der Waals surface area contributed by atoms with Gasteiger partial charge in [0.05, 0.1) is 0 Å². The van der Waals surface area contributed by atoms with Crippen LogP contribution in [-0.4, -0.2) is 17.9 Å². The minimum absolute atomic E-state index is 0.143. The monoisotopic (exact) mass is 226 g/mol. The molecule has 92 valence electrons. The summed E-state index contributed by atoms with van der Waals surface area (Å²) in [5.74, 6) is -0.815. The summed E-state index contributed by atoms with van der Waals surface area (Å²) in [5.41, 5.74) is 0.333. The number of carbonyl (C=O) groups is 2. The molecule has 0 aromatic rings. The van der Waals surface area contributed by atoms with Crippen LogP contribution in [-0.2, 0) is 14.3 Å². The third kappa shape index (κ3) is 3.62. The Balaban J connectivity index is 2.51. The zero-order valence-corrected chi connectivity index (χ0v) is 10.7. The van der Waals surface area contributed by atoms with Crippen molar-refractivity contribution in [1.82, 2.24) is 0 Å². The van der Waals surface area contributed by atoms with Gasteiger partial charge in [-0.1, -0.05) is 20.3 Å². The lowest BCUT2D eigenvalue weighted by Gasteiger charge is -2.37. The van der Waals surface area contributed by atoms with Crippen molar-refractivity contribution in [3.63, 3.8) is 0 Å². The van der Waals surface area contributed by atoms with Crippen molar-refractivity contribution >= 4 is 11.8 Å². The third-order valence-corrected chi connectivity index (χ3v) is 3.49. The van der Waals surface area contributed by atoms with Gasteiger partial charge in [-0.15, -0.1) is 0 Å². The van der Waals surface area contributed by atoms with Gasteiger partial charge < -0.3 is 4.74 Å². The Labute approximate surface area is 97.5 Å². The first-order chi connectivity index (χ1) is 7.32. The van der Waals surface area contributed by atoms with E-state index in [0.29, 0.717) is 11.3 Å². The molecule has 1 aliphatic rings. The summed E-state index contributed by atoms with van der Waals surface area (Å²) in [5, 5.41) is 0. The zero-order chi connectivity index (χ0) is 12.3. The normalized spacial score (nSPS) is 25.9. The second-order valence-electron chi connectivity index (χ2n) is 5.69. The highest BCUT2D eigenvalue weighted by Crippen LogP contribution is 2.40. The maximum absolute atomic E-state index is 11.2. The highest BCUT2D eigenvalue weighted by molar-refractivity contribution is 6.32. The van der Waals surface area contributed by atoms with E-state index in [0.717, 1.165) is 12.8 Å². The predicted molar refractivity (Wildman–Crippen MR) is 62.0 cm³/mol. The molecule has 3 heteroatoms. The first kappa shape index (κ1) is 13.2. The van der Waals surface area contributed by atoms with Gasteiger partial charge in [0.2, 0.25) is 5.78 Å². The van der Waals surface area contributed by atoms with Crippen molar-refractivity contribution in [1.29, 1.82) is 0 Å². The largest absolute Gasteiger partial charge is 0.457 e. The highest BCUT2D eigenvalue weighted by atomic mass is 16.5. The van der Waals surface area contributed by atoms with E-state index in [4.69, 9.17) is 4.74 Å². The van der Waals surface area contributed by atoms with E-state index in [2.05, 4.69) is 13.8 Å². The van der Waals surface area contributed by atoms with Crippen molar-refractivity contribution in [2.75, 3.05) is 0 Å². The molecule has 0 spiro atoms. The van der Waals surface area contributed by atoms with Gasteiger partial charge in [-0.2, -0.15) is 0 Å². The van der Waals surface area contributed by atoms with Crippen molar-refractivity contribution in [2.45, 2.75) is 59.5 Å². The molecule has 3 nitrogen and oxygen atoms in total. The van der Waals surface area contributed by atoms with Gasteiger partial charge in [-0.25, -0.2) is 4.79 Å². The zero-order valence-electron chi connectivity index (χ0n) is 10.7. The molecule has 0 aromatic heterocycles. The van der Waals surface area contributed by atoms with Crippen molar-refractivity contribution in [3.8, 4) is 0 Å². The van der Waals surface area contributed by atoms with Crippen LogP contribution in [0.1, 0.15) is 53.4 Å². The van der Waals surface area contributed by atoms with Crippen LogP contribution < -0.4 is 0 Å². The molecule has 1 aliphatic carbocycles. The molecule has 0 aliphatic heterocycles. The van der Waals surface area contributed by atoms with E-state index in [-0.39, 0.29) is 6.10 Å². The Morgan fingerprint density at radius 2 is 2.00 bits per heavy atom. The van der Waals surface area contributed by atoms with E-state index in [1.165, 1.54) is 19.8 Å². The number of carbonyl (C=O) groups excluding carboxylic acids is 2. The number of rotatable bonds is 3. The molecule has 0 saturated heterocycles. The van der Waals surface area contributed by atoms with Crippen molar-refractivity contribution in [3.05, 3.63) is 0 Å². The Kier molecular flexibility index (Phi) is 4.11. The molecule has 1 fully saturated rings. The summed E-state index contributed by atoms with van der Waals surface area (Å²) in [7, 11) is 0. The maximum Gasteiger partial charge on any atom is 0.374 e. The van der Waals surface area contributed by atoms with E-state index < -0.39 is 11.8 Å². The summed E-state index contributed by atoms with van der Waals surface area (Å²) in [6.45, 7) is 7.64. The lowest BCUT2D eigenvalue weighted by molar-refractivity contribution is -0.159. The van der Waals surface area contributed by atoms with Crippen LogP contribution in [0.15, 0.2) is 0 Å². The second kappa shape index (κ2) is 4.98. The Bertz CT molecular complexity index is 281. The molecular formula is C13H22O3. The van der Waals surface area contributed by atoms with Gasteiger partial charge in [-0.3, -0.25) is 4.79 Å². The van der Waals surface area contributed by atoms with Gasteiger partial charge >= 0.3 is 5.97 Å². The number of ether oxygens (including phenoxy) is 1. The predicted octanol–water partition coefficient (Wildman–Crippen LogP) is 2.72. The Morgan fingerprint density at radius 1 is 1.38 bits per heavy atom. The molecular weight excluding hydrogens is 204 g/mol. The quantitative estimate of drug-likeness (QED) is 0.549. The molecule has 1 rings (SSSR count). The molecule has 0 N–H and O–H groups in total.